The molecule has 126 valence electrons. The average Bonchev–Trinajstić information content (AvgIpc) is 3.11. The number of aromatic nitrogens is 6. The monoisotopic (exact) mass is 335 g/mol. The van der Waals surface area contributed by atoms with Gasteiger partial charge < -0.3 is 9.80 Å². The summed E-state index contributed by atoms with van der Waals surface area (Å²) in [5, 5.41) is 17.4. The van der Waals surface area contributed by atoms with Gasteiger partial charge in [-0.25, -0.2) is 19.6 Å². The maximum atomic E-state index is 9.01. The highest BCUT2D eigenvalue weighted by atomic mass is 15.4. The molecule has 9 heteroatoms. The van der Waals surface area contributed by atoms with E-state index < -0.39 is 0 Å². The van der Waals surface area contributed by atoms with E-state index >= 15 is 0 Å². The van der Waals surface area contributed by atoms with E-state index in [-0.39, 0.29) is 0 Å². The molecule has 0 N–H and O–H groups in total. The maximum absolute atomic E-state index is 9.01. The van der Waals surface area contributed by atoms with Crippen molar-refractivity contribution in [2.75, 3.05) is 36.0 Å². The van der Waals surface area contributed by atoms with Crippen molar-refractivity contribution >= 4 is 22.8 Å². The van der Waals surface area contributed by atoms with Crippen molar-refractivity contribution in [2.45, 2.75) is 13.5 Å². The molecule has 4 heterocycles. The predicted molar refractivity (Wildman–Crippen MR) is 92.2 cm³/mol. The zero-order chi connectivity index (χ0) is 17.2. The first-order chi connectivity index (χ1) is 12.3. The van der Waals surface area contributed by atoms with Crippen LogP contribution in [0.3, 0.4) is 0 Å². The van der Waals surface area contributed by atoms with Gasteiger partial charge in [0, 0.05) is 32.7 Å². The summed E-state index contributed by atoms with van der Waals surface area (Å²) in [6.45, 7) is 5.93. The van der Waals surface area contributed by atoms with Crippen LogP contribution in [0.4, 0.5) is 11.6 Å². The summed E-state index contributed by atoms with van der Waals surface area (Å²) in [5.41, 5.74) is 1.94. The largest absolute Gasteiger partial charge is 0.353 e. The van der Waals surface area contributed by atoms with Gasteiger partial charge in [-0.05, 0) is 19.1 Å². The molecule has 3 aromatic heterocycles. The number of anilines is 2. The van der Waals surface area contributed by atoms with Gasteiger partial charge in [-0.2, -0.15) is 5.26 Å². The van der Waals surface area contributed by atoms with E-state index in [0.29, 0.717) is 5.69 Å². The first kappa shape index (κ1) is 15.3. The number of piperazine rings is 1. The summed E-state index contributed by atoms with van der Waals surface area (Å²) in [7, 11) is 0. The number of hydrogen-bond acceptors (Lipinski definition) is 8. The van der Waals surface area contributed by atoms with Crippen molar-refractivity contribution < 1.29 is 0 Å². The van der Waals surface area contributed by atoms with Gasteiger partial charge in [0.2, 0.25) is 0 Å². The number of pyridine rings is 1. The standard InChI is InChI=1S/C16H17N9/c1-2-25-16-14(21-22-25)15(18-11-19-16)24-8-6-23(7-9-24)13-5-3-4-12(10-17)20-13/h3-5,11H,2,6-9H2,1H3. The molecular formula is C16H17N9. The van der Waals surface area contributed by atoms with E-state index in [0.717, 1.165) is 55.5 Å². The smallest absolute Gasteiger partial charge is 0.183 e. The lowest BCUT2D eigenvalue weighted by molar-refractivity contribution is 0.641. The summed E-state index contributed by atoms with van der Waals surface area (Å²) in [6, 6.07) is 7.61. The quantitative estimate of drug-likeness (QED) is 0.694. The lowest BCUT2D eigenvalue weighted by Crippen LogP contribution is -2.47. The molecule has 0 saturated carbocycles. The van der Waals surface area contributed by atoms with Crippen LogP contribution in [0, 0.1) is 11.3 Å². The van der Waals surface area contributed by atoms with Crippen LogP contribution in [0.5, 0.6) is 0 Å². The van der Waals surface area contributed by atoms with Crippen LogP contribution in [0.1, 0.15) is 12.6 Å². The molecule has 1 fully saturated rings. The third-order valence-electron chi connectivity index (χ3n) is 4.33. The van der Waals surface area contributed by atoms with Crippen LogP contribution in [0.25, 0.3) is 11.2 Å². The van der Waals surface area contributed by atoms with Gasteiger partial charge in [0.05, 0.1) is 0 Å². The fraction of sp³-hybridized carbons (Fsp3) is 0.375. The summed E-state index contributed by atoms with van der Waals surface area (Å²) in [6.07, 6.45) is 1.57. The molecule has 0 radical (unpaired) electrons. The van der Waals surface area contributed by atoms with Crippen LogP contribution in [0.15, 0.2) is 24.5 Å². The van der Waals surface area contributed by atoms with Crippen molar-refractivity contribution in [3.8, 4) is 6.07 Å². The molecule has 0 aromatic carbocycles. The number of nitriles is 1. The van der Waals surface area contributed by atoms with E-state index in [9.17, 15) is 0 Å². The molecule has 25 heavy (non-hydrogen) atoms. The Balaban J connectivity index is 1.54. The number of aryl methyl sites for hydroxylation is 1. The third kappa shape index (κ3) is 2.71. The van der Waals surface area contributed by atoms with Crippen molar-refractivity contribution in [3.63, 3.8) is 0 Å². The fourth-order valence-electron chi connectivity index (χ4n) is 3.03. The molecule has 0 spiro atoms. The van der Waals surface area contributed by atoms with Crippen molar-refractivity contribution in [3.05, 3.63) is 30.2 Å². The number of fused-ring (bicyclic) bond motifs is 1. The summed E-state index contributed by atoms with van der Waals surface area (Å²) >= 11 is 0. The first-order valence-electron chi connectivity index (χ1n) is 8.21. The topological polar surface area (TPSA) is 99.7 Å². The molecule has 0 amide bonds. The molecule has 0 unspecified atom stereocenters. The van der Waals surface area contributed by atoms with Crippen LogP contribution in [-0.2, 0) is 6.54 Å². The Kier molecular flexibility index (Phi) is 3.85. The van der Waals surface area contributed by atoms with Gasteiger partial charge in [-0.1, -0.05) is 11.3 Å². The Morgan fingerprint density at radius 2 is 1.92 bits per heavy atom. The minimum absolute atomic E-state index is 0.439. The minimum Gasteiger partial charge on any atom is -0.353 e. The van der Waals surface area contributed by atoms with Gasteiger partial charge in [-0.15, -0.1) is 5.10 Å². The van der Waals surface area contributed by atoms with Gasteiger partial charge in [0.25, 0.3) is 0 Å². The van der Waals surface area contributed by atoms with E-state index in [4.69, 9.17) is 5.26 Å². The zero-order valence-electron chi connectivity index (χ0n) is 13.9. The maximum Gasteiger partial charge on any atom is 0.183 e. The molecular weight excluding hydrogens is 318 g/mol. The molecule has 0 aliphatic carbocycles. The summed E-state index contributed by atoms with van der Waals surface area (Å²) < 4.78 is 1.77. The van der Waals surface area contributed by atoms with E-state index in [2.05, 4.69) is 41.1 Å². The Morgan fingerprint density at radius 1 is 1.12 bits per heavy atom. The highest BCUT2D eigenvalue weighted by Crippen LogP contribution is 2.23. The number of hydrogen-bond donors (Lipinski definition) is 0. The molecule has 0 atom stereocenters. The minimum atomic E-state index is 0.439. The Bertz CT molecular complexity index is 934. The lowest BCUT2D eigenvalue weighted by Gasteiger charge is -2.35. The Labute approximate surface area is 144 Å². The first-order valence-corrected chi connectivity index (χ1v) is 8.21. The van der Waals surface area contributed by atoms with Gasteiger partial charge in [-0.3, -0.25) is 0 Å². The van der Waals surface area contributed by atoms with Gasteiger partial charge in [0.15, 0.2) is 17.0 Å². The second-order valence-electron chi connectivity index (χ2n) is 5.74. The van der Waals surface area contributed by atoms with Gasteiger partial charge >= 0.3 is 0 Å². The summed E-state index contributed by atoms with van der Waals surface area (Å²) in [4.78, 5) is 17.5. The lowest BCUT2D eigenvalue weighted by atomic mass is 10.3. The third-order valence-corrected chi connectivity index (χ3v) is 4.33. The molecule has 1 aliphatic heterocycles. The highest BCUT2D eigenvalue weighted by Gasteiger charge is 2.22. The summed E-state index contributed by atoms with van der Waals surface area (Å²) in [5.74, 6) is 1.66. The molecule has 1 aliphatic rings. The highest BCUT2D eigenvalue weighted by molar-refractivity contribution is 5.82. The number of nitrogens with zero attached hydrogens (tertiary/aromatic N) is 9. The SMILES string of the molecule is CCn1nnc2c(N3CCN(c4cccc(C#N)n4)CC3)ncnc21. The fourth-order valence-corrected chi connectivity index (χ4v) is 3.03. The van der Waals surface area contributed by atoms with Crippen molar-refractivity contribution in [2.24, 2.45) is 0 Å². The van der Waals surface area contributed by atoms with Crippen LogP contribution >= 0.6 is 0 Å². The van der Waals surface area contributed by atoms with E-state index in [1.165, 1.54) is 0 Å². The zero-order valence-corrected chi connectivity index (χ0v) is 13.9. The number of rotatable bonds is 3. The normalized spacial score (nSPS) is 14.7. The van der Waals surface area contributed by atoms with Crippen LogP contribution in [0.2, 0.25) is 0 Å². The van der Waals surface area contributed by atoms with Gasteiger partial charge in [0.1, 0.15) is 23.9 Å². The second kappa shape index (κ2) is 6.32. The predicted octanol–water partition coefficient (Wildman–Crippen LogP) is 0.834. The van der Waals surface area contributed by atoms with E-state index in [1.54, 1.807) is 17.1 Å². The average molecular weight is 335 g/mol. The van der Waals surface area contributed by atoms with Crippen LogP contribution < -0.4 is 9.80 Å². The van der Waals surface area contributed by atoms with Crippen LogP contribution in [-0.4, -0.2) is 56.1 Å². The molecule has 9 nitrogen and oxygen atoms in total. The Hall–Kier alpha value is -3.28. The van der Waals surface area contributed by atoms with Crippen molar-refractivity contribution in [1.29, 1.82) is 5.26 Å². The molecule has 4 rings (SSSR count). The van der Waals surface area contributed by atoms with Crippen molar-refractivity contribution in [1.82, 2.24) is 29.9 Å². The van der Waals surface area contributed by atoms with E-state index in [1.807, 2.05) is 19.1 Å². The second-order valence-corrected chi connectivity index (χ2v) is 5.74. The molecule has 1 saturated heterocycles. The molecule has 3 aromatic rings. The molecule has 0 bridgehead atoms. The Morgan fingerprint density at radius 3 is 2.68 bits per heavy atom.